The molecule has 0 aliphatic rings. The monoisotopic (exact) mass is 288 g/mol. The smallest absolute Gasteiger partial charge is 0.337 e. The van der Waals surface area contributed by atoms with E-state index in [-0.39, 0.29) is 11.3 Å². The van der Waals surface area contributed by atoms with Gasteiger partial charge in [0.2, 0.25) is 5.91 Å². The number of carbonyl (C=O) groups excluding carboxylic acids is 1. The first-order valence-corrected chi connectivity index (χ1v) is 6.66. The maximum atomic E-state index is 11.8. The highest BCUT2D eigenvalue weighted by molar-refractivity contribution is 7.11. The molecular formula is C14H12N2O3S. The van der Waals surface area contributed by atoms with Gasteiger partial charge >= 0.3 is 5.97 Å². The first-order valence-electron chi connectivity index (χ1n) is 5.78. The molecule has 0 atom stereocenters. The first kappa shape index (κ1) is 14.0. The van der Waals surface area contributed by atoms with E-state index in [4.69, 9.17) is 5.11 Å². The van der Waals surface area contributed by atoms with E-state index in [1.54, 1.807) is 6.08 Å². The Balaban J connectivity index is 2.11. The van der Waals surface area contributed by atoms with Crippen molar-refractivity contribution >= 4 is 35.0 Å². The summed E-state index contributed by atoms with van der Waals surface area (Å²) in [6, 6.07) is 3.30. The third kappa shape index (κ3) is 3.30. The number of hydrogen-bond acceptors (Lipinski definition) is 4. The average molecular weight is 288 g/mol. The highest BCUT2D eigenvalue weighted by atomic mass is 32.1. The molecule has 0 saturated carbocycles. The number of hydrogen-bond donors (Lipinski definition) is 2. The third-order valence-corrected chi connectivity index (χ3v) is 3.58. The Hall–Kier alpha value is -2.47. The second-order valence-corrected chi connectivity index (χ2v) is 4.96. The van der Waals surface area contributed by atoms with Gasteiger partial charge in [-0.1, -0.05) is 0 Å². The molecule has 102 valence electrons. The van der Waals surface area contributed by atoms with Crippen LogP contribution in [0.2, 0.25) is 0 Å². The largest absolute Gasteiger partial charge is 0.478 e. The summed E-state index contributed by atoms with van der Waals surface area (Å²) in [7, 11) is 0. The van der Waals surface area contributed by atoms with E-state index in [0.29, 0.717) is 0 Å². The summed E-state index contributed by atoms with van der Waals surface area (Å²) in [6.07, 6.45) is 5.75. The number of carbonyl (C=O) groups is 2. The van der Waals surface area contributed by atoms with Crippen LogP contribution in [0.1, 0.15) is 20.8 Å². The lowest BCUT2D eigenvalue weighted by molar-refractivity contribution is -0.111. The zero-order valence-corrected chi connectivity index (χ0v) is 11.5. The van der Waals surface area contributed by atoms with Crippen molar-refractivity contribution < 1.29 is 14.7 Å². The van der Waals surface area contributed by atoms with Crippen LogP contribution in [-0.2, 0) is 4.79 Å². The van der Waals surface area contributed by atoms with Crippen LogP contribution in [-0.4, -0.2) is 22.0 Å². The Morgan fingerprint density at radius 1 is 1.40 bits per heavy atom. The van der Waals surface area contributed by atoms with Crippen molar-refractivity contribution in [3.8, 4) is 0 Å². The quantitative estimate of drug-likeness (QED) is 0.848. The SMILES string of the molecule is Cc1ccsc1C=CC(=O)Nc1cnccc1C(=O)O. The molecule has 0 aliphatic carbocycles. The molecule has 0 saturated heterocycles. The van der Waals surface area contributed by atoms with Gasteiger partial charge in [0.15, 0.2) is 0 Å². The summed E-state index contributed by atoms with van der Waals surface area (Å²) in [5, 5.41) is 13.4. The fourth-order valence-corrected chi connectivity index (χ4v) is 2.38. The molecule has 0 aromatic carbocycles. The fraction of sp³-hybridized carbons (Fsp3) is 0.0714. The molecule has 0 bridgehead atoms. The number of carboxylic acids is 1. The number of pyridine rings is 1. The van der Waals surface area contributed by atoms with E-state index in [0.717, 1.165) is 10.4 Å². The Morgan fingerprint density at radius 3 is 2.85 bits per heavy atom. The van der Waals surface area contributed by atoms with Gasteiger partial charge in [-0.3, -0.25) is 9.78 Å². The normalized spacial score (nSPS) is 10.7. The summed E-state index contributed by atoms with van der Waals surface area (Å²) in [4.78, 5) is 27.6. The number of nitrogens with zero attached hydrogens (tertiary/aromatic N) is 1. The van der Waals surface area contributed by atoms with Gasteiger partial charge in [0.1, 0.15) is 0 Å². The third-order valence-electron chi connectivity index (χ3n) is 2.60. The highest BCUT2D eigenvalue weighted by Gasteiger charge is 2.10. The average Bonchev–Trinajstić information content (AvgIpc) is 2.82. The molecule has 2 rings (SSSR count). The maximum absolute atomic E-state index is 11.8. The van der Waals surface area contributed by atoms with E-state index >= 15 is 0 Å². The number of anilines is 1. The van der Waals surface area contributed by atoms with Gasteiger partial charge in [-0.2, -0.15) is 0 Å². The molecule has 0 spiro atoms. The number of aryl methyl sites for hydroxylation is 1. The number of thiophene rings is 1. The molecule has 0 unspecified atom stereocenters. The van der Waals surface area contributed by atoms with Crippen LogP contribution in [0.3, 0.4) is 0 Å². The number of carboxylic acid groups (broad SMARTS) is 1. The molecule has 2 aromatic heterocycles. The standard InChI is InChI=1S/C14H12N2O3S/c1-9-5-7-20-12(9)2-3-13(17)16-11-8-15-6-4-10(11)14(18)19/h2-8H,1H3,(H,16,17)(H,18,19). The van der Waals surface area contributed by atoms with E-state index in [1.807, 2.05) is 18.4 Å². The zero-order chi connectivity index (χ0) is 14.5. The Kier molecular flexibility index (Phi) is 4.27. The molecule has 0 radical (unpaired) electrons. The van der Waals surface area contributed by atoms with Crippen LogP contribution in [0.5, 0.6) is 0 Å². The van der Waals surface area contributed by atoms with E-state index in [9.17, 15) is 9.59 Å². The second kappa shape index (κ2) is 6.12. The summed E-state index contributed by atoms with van der Waals surface area (Å²) in [5.41, 5.74) is 1.28. The molecule has 20 heavy (non-hydrogen) atoms. The van der Waals surface area contributed by atoms with Crippen molar-refractivity contribution in [1.82, 2.24) is 4.98 Å². The molecular weight excluding hydrogens is 276 g/mol. The molecule has 5 nitrogen and oxygen atoms in total. The Bertz CT molecular complexity index is 677. The number of nitrogens with one attached hydrogen (secondary N) is 1. The van der Waals surface area contributed by atoms with Crippen molar-refractivity contribution in [2.45, 2.75) is 6.92 Å². The van der Waals surface area contributed by atoms with Crippen molar-refractivity contribution in [3.63, 3.8) is 0 Å². The van der Waals surface area contributed by atoms with E-state index < -0.39 is 11.9 Å². The van der Waals surface area contributed by atoms with E-state index in [1.165, 1.54) is 35.9 Å². The van der Waals surface area contributed by atoms with Gasteiger partial charge in [0, 0.05) is 17.2 Å². The Morgan fingerprint density at radius 2 is 2.20 bits per heavy atom. The van der Waals surface area contributed by atoms with Gasteiger partial charge in [-0.15, -0.1) is 11.3 Å². The molecule has 6 heteroatoms. The number of amides is 1. The highest BCUT2D eigenvalue weighted by Crippen LogP contribution is 2.17. The van der Waals surface area contributed by atoms with Crippen LogP contribution in [0.15, 0.2) is 36.0 Å². The van der Waals surface area contributed by atoms with Crippen LogP contribution in [0, 0.1) is 6.92 Å². The zero-order valence-electron chi connectivity index (χ0n) is 10.7. The van der Waals surface area contributed by atoms with Crippen LogP contribution < -0.4 is 5.32 Å². The lowest BCUT2D eigenvalue weighted by Gasteiger charge is -2.04. The summed E-state index contributed by atoms with van der Waals surface area (Å²) in [6.45, 7) is 1.96. The summed E-state index contributed by atoms with van der Waals surface area (Å²) >= 11 is 1.53. The predicted molar refractivity (Wildman–Crippen MR) is 77.9 cm³/mol. The summed E-state index contributed by atoms with van der Waals surface area (Å²) < 4.78 is 0. The first-order chi connectivity index (χ1) is 9.58. The fourth-order valence-electron chi connectivity index (χ4n) is 1.56. The lowest BCUT2D eigenvalue weighted by atomic mass is 10.2. The number of aromatic carboxylic acids is 1. The predicted octanol–water partition coefficient (Wildman–Crippen LogP) is 2.80. The van der Waals surface area contributed by atoms with E-state index in [2.05, 4.69) is 10.3 Å². The molecule has 0 fully saturated rings. The minimum Gasteiger partial charge on any atom is -0.478 e. The molecule has 0 aliphatic heterocycles. The van der Waals surface area contributed by atoms with Gasteiger partial charge in [-0.25, -0.2) is 4.79 Å². The van der Waals surface area contributed by atoms with Gasteiger partial charge in [0.05, 0.1) is 17.4 Å². The molecule has 2 aromatic rings. The van der Waals surface area contributed by atoms with Gasteiger partial charge in [0.25, 0.3) is 0 Å². The molecule has 2 N–H and O–H groups in total. The maximum Gasteiger partial charge on any atom is 0.337 e. The molecule has 1 amide bonds. The topological polar surface area (TPSA) is 79.3 Å². The van der Waals surface area contributed by atoms with Crippen molar-refractivity contribution in [1.29, 1.82) is 0 Å². The van der Waals surface area contributed by atoms with Crippen molar-refractivity contribution in [2.75, 3.05) is 5.32 Å². The second-order valence-electron chi connectivity index (χ2n) is 4.02. The van der Waals surface area contributed by atoms with Crippen LogP contribution >= 0.6 is 11.3 Å². The lowest BCUT2D eigenvalue weighted by Crippen LogP contribution is -2.12. The number of rotatable bonds is 4. The minimum atomic E-state index is -1.11. The molecule has 2 heterocycles. The summed E-state index contributed by atoms with van der Waals surface area (Å²) in [5.74, 6) is -1.51. The van der Waals surface area contributed by atoms with Crippen LogP contribution in [0.25, 0.3) is 6.08 Å². The van der Waals surface area contributed by atoms with Crippen molar-refractivity contribution in [3.05, 3.63) is 52.0 Å². The van der Waals surface area contributed by atoms with Crippen molar-refractivity contribution in [2.24, 2.45) is 0 Å². The van der Waals surface area contributed by atoms with Gasteiger partial charge < -0.3 is 10.4 Å². The minimum absolute atomic E-state index is 0.00838. The number of aromatic nitrogens is 1. The van der Waals surface area contributed by atoms with Gasteiger partial charge in [-0.05, 0) is 36.1 Å². The van der Waals surface area contributed by atoms with Crippen LogP contribution in [0.4, 0.5) is 5.69 Å². The Labute approximate surface area is 119 Å².